The van der Waals surface area contributed by atoms with Crippen molar-refractivity contribution in [2.45, 2.75) is 39.3 Å². The third-order valence-electron chi connectivity index (χ3n) is 4.57. The van der Waals surface area contributed by atoms with Crippen molar-refractivity contribution in [3.8, 4) is 0 Å². The Bertz CT molecular complexity index is 944. The number of nitrogens with one attached hydrogen (secondary N) is 1. The number of benzene rings is 1. The number of amides is 1. The lowest BCUT2D eigenvalue weighted by atomic mass is 10.1. The average molecular weight is 328 g/mol. The van der Waals surface area contributed by atoms with Gasteiger partial charge in [-0.25, -0.2) is 4.39 Å². The van der Waals surface area contributed by atoms with E-state index in [-0.39, 0.29) is 23.5 Å². The van der Waals surface area contributed by atoms with E-state index in [1.807, 2.05) is 11.5 Å². The Hall–Kier alpha value is -2.70. The first-order valence-electron chi connectivity index (χ1n) is 7.91. The quantitative estimate of drug-likeness (QED) is 0.784. The highest BCUT2D eigenvalue weighted by Crippen LogP contribution is 2.26. The van der Waals surface area contributed by atoms with Crippen molar-refractivity contribution in [3.63, 3.8) is 0 Å². The minimum absolute atomic E-state index is 0.0101. The molecule has 3 heterocycles. The Morgan fingerprint density at radius 1 is 1.38 bits per heavy atom. The van der Waals surface area contributed by atoms with Crippen molar-refractivity contribution < 1.29 is 13.6 Å². The van der Waals surface area contributed by atoms with Crippen LogP contribution in [-0.2, 0) is 13.0 Å². The van der Waals surface area contributed by atoms with E-state index in [1.54, 1.807) is 13.0 Å². The number of hydrogen-bond acceptors (Lipinski definition) is 4. The summed E-state index contributed by atoms with van der Waals surface area (Å²) >= 11 is 0. The lowest BCUT2D eigenvalue weighted by Gasteiger charge is -2.24. The number of furan rings is 1. The molecule has 0 aliphatic carbocycles. The van der Waals surface area contributed by atoms with Gasteiger partial charge in [0, 0.05) is 30.0 Å². The van der Waals surface area contributed by atoms with Gasteiger partial charge in [-0.05, 0) is 38.5 Å². The van der Waals surface area contributed by atoms with E-state index >= 15 is 0 Å². The molecule has 6 nitrogen and oxygen atoms in total. The van der Waals surface area contributed by atoms with Crippen LogP contribution in [0.15, 0.2) is 22.6 Å². The molecule has 1 aliphatic rings. The fourth-order valence-corrected chi connectivity index (χ4v) is 3.24. The maximum absolute atomic E-state index is 13.4. The van der Waals surface area contributed by atoms with E-state index in [9.17, 15) is 9.18 Å². The Balaban J connectivity index is 1.57. The van der Waals surface area contributed by atoms with Crippen molar-refractivity contribution in [3.05, 3.63) is 47.0 Å². The number of rotatable bonds is 2. The summed E-state index contributed by atoms with van der Waals surface area (Å²) in [5.74, 6) is 1.42. The molecule has 4 rings (SSSR count). The van der Waals surface area contributed by atoms with Gasteiger partial charge in [-0.1, -0.05) is 0 Å². The molecule has 24 heavy (non-hydrogen) atoms. The van der Waals surface area contributed by atoms with Gasteiger partial charge < -0.3 is 14.3 Å². The maximum atomic E-state index is 13.4. The maximum Gasteiger partial charge on any atom is 0.287 e. The van der Waals surface area contributed by atoms with Crippen molar-refractivity contribution in [2.24, 2.45) is 0 Å². The topological polar surface area (TPSA) is 73.0 Å². The van der Waals surface area contributed by atoms with Gasteiger partial charge >= 0.3 is 0 Å². The van der Waals surface area contributed by atoms with Crippen LogP contribution in [0.2, 0.25) is 0 Å². The molecule has 1 atom stereocenters. The second kappa shape index (κ2) is 5.43. The Morgan fingerprint density at radius 3 is 3.04 bits per heavy atom. The second-order valence-corrected chi connectivity index (χ2v) is 6.18. The molecule has 2 aromatic heterocycles. The first-order chi connectivity index (χ1) is 11.5. The monoisotopic (exact) mass is 328 g/mol. The average Bonchev–Trinajstić information content (AvgIpc) is 3.09. The summed E-state index contributed by atoms with van der Waals surface area (Å²) in [6.45, 7) is 4.32. The zero-order chi connectivity index (χ0) is 16.8. The summed E-state index contributed by atoms with van der Waals surface area (Å²) in [5, 5.41) is 11.8. The van der Waals surface area contributed by atoms with Crippen LogP contribution in [0, 0.1) is 19.7 Å². The predicted octanol–water partition coefficient (Wildman–Crippen LogP) is 2.53. The van der Waals surface area contributed by atoms with Crippen LogP contribution < -0.4 is 5.32 Å². The van der Waals surface area contributed by atoms with E-state index in [4.69, 9.17) is 4.42 Å². The highest BCUT2D eigenvalue weighted by atomic mass is 19.1. The first-order valence-corrected chi connectivity index (χ1v) is 7.91. The van der Waals surface area contributed by atoms with Crippen LogP contribution in [0.25, 0.3) is 11.0 Å². The number of aromatic nitrogens is 3. The molecule has 0 saturated heterocycles. The number of nitrogens with zero attached hydrogens (tertiary/aromatic N) is 3. The number of carbonyl (C=O) groups is 1. The van der Waals surface area contributed by atoms with Crippen molar-refractivity contribution in [1.29, 1.82) is 0 Å². The van der Waals surface area contributed by atoms with E-state index < -0.39 is 0 Å². The lowest BCUT2D eigenvalue weighted by molar-refractivity contribution is 0.0900. The number of halogens is 1. The zero-order valence-electron chi connectivity index (χ0n) is 13.5. The molecule has 0 spiro atoms. The molecule has 1 aliphatic heterocycles. The molecule has 0 saturated carbocycles. The predicted molar refractivity (Wildman–Crippen MR) is 85.2 cm³/mol. The summed E-state index contributed by atoms with van der Waals surface area (Å²) in [6.07, 6.45) is 1.58. The van der Waals surface area contributed by atoms with Crippen LogP contribution in [0.3, 0.4) is 0 Å². The van der Waals surface area contributed by atoms with Crippen molar-refractivity contribution in [2.75, 3.05) is 0 Å². The fraction of sp³-hybridized carbons (Fsp3) is 0.353. The largest absolute Gasteiger partial charge is 0.451 e. The normalized spacial score (nSPS) is 17.0. The summed E-state index contributed by atoms with van der Waals surface area (Å²) in [7, 11) is 0. The van der Waals surface area contributed by atoms with Crippen LogP contribution in [0.5, 0.6) is 0 Å². The smallest absolute Gasteiger partial charge is 0.287 e. The van der Waals surface area contributed by atoms with Crippen LogP contribution >= 0.6 is 0 Å². The molecule has 7 heteroatoms. The van der Waals surface area contributed by atoms with Crippen LogP contribution in [0.4, 0.5) is 4.39 Å². The molecule has 0 bridgehead atoms. The molecule has 0 fully saturated rings. The summed E-state index contributed by atoms with van der Waals surface area (Å²) < 4.78 is 21.0. The highest BCUT2D eigenvalue weighted by Gasteiger charge is 2.25. The van der Waals surface area contributed by atoms with E-state index in [1.165, 1.54) is 12.1 Å². The molecule has 0 unspecified atom stereocenters. The van der Waals surface area contributed by atoms with Gasteiger partial charge in [0.05, 0.1) is 0 Å². The van der Waals surface area contributed by atoms with Gasteiger partial charge in [-0.2, -0.15) is 0 Å². The molecular weight excluding hydrogens is 311 g/mol. The molecule has 124 valence electrons. The third kappa shape index (κ3) is 2.36. The van der Waals surface area contributed by atoms with Gasteiger partial charge in [-0.3, -0.25) is 4.79 Å². The number of aryl methyl sites for hydroxylation is 3. The second-order valence-electron chi connectivity index (χ2n) is 6.18. The Kier molecular flexibility index (Phi) is 3.37. The molecule has 1 N–H and O–H groups in total. The Labute approximate surface area is 137 Å². The highest BCUT2D eigenvalue weighted by molar-refractivity contribution is 5.99. The lowest BCUT2D eigenvalue weighted by Crippen LogP contribution is -2.41. The van der Waals surface area contributed by atoms with Gasteiger partial charge in [0.2, 0.25) is 0 Å². The van der Waals surface area contributed by atoms with E-state index in [0.29, 0.717) is 23.1 Å². The van der Waals surface area contributed by atoms with Gasteiger partial charge in [0.15, 0.2) is 5.76 Å². The zero-order valence-corrected chi connectivity index (χ0v) is 13.5. The molecule has 3 aromatic rings. The van der Waals surface area contributed by atoms with Crippen molar-refractivity contribution >= 4 is 16.9 Å². The summed E-state index contributed by atoms with van der Waals surface area (Å²) in [5.41, 5.74) is 1.17. The van der Waals surface area contributed by atoms with Crippen LogP contribution in [-0.4, -0.2) is 26.7 Å². The van der Waals surface area contributed by atoms with Gasteiger partial charge in [0.25, 0.3) is 5.91 Å². The van der Waals surface area contributed by atoms with Crippen molar-refractivity contribution in [1.82, 2.24) is 20.1 Å². The van der Waals surface area contributed by atoms with E-state index in [0.717, 1.165) is 24.5 Å². The standard InChI is InChI=1S/C17H17FN4O2/c1-9-13-7-11(18)3-5-14(13)24-16(9)17(23)19-12-4-6-15-21-20-10(2)22(15)8-12/h3,5,7,12H,4,6,8H2,1-2H3,(H,19,23)/t12-/m1/s1. The minimum Gasteiger partial charge on any atom is -0.451 e. The number of fused-ring (bicyclic) bond motifs is 2. The fourth-order valence-electron chi connectivity index (χ4n) is 3.24. The van der Waals surface area contributed by atoms with Gasteiger partial charge in [0.1, 0.15) is 23.0 Å². The Morgan fingerprint density at radius 2 is 2.21 bits per heavy atom. The summed E-state index contributed by atoms with van der Waals surface area (Å²) in [6, 6.07) is 4.24. The summed E-state index contributed by atoms with van der Waals surface area (Å²) in [4.78, 5) is 12.6. The SMILES string of the molecule is Cc1c(C(=O)N[C@@H]2CCc3nnc(C)n3C2)oc2ccc(F)cc12. The number of hydrogen-bond donors (Lipinski definition) is 1. The molecule has 1 aromatic carbocycles. The first kappa shape index (κ1) is 14.9. The van der Waals surface area contributed by atoms with Gasteiger partial charge in [-0.15, -0.1) is 10.2 Å². The minimum atomic E-state index is -0.346. The molecule has 0 radical (unpaired) electrons. The van der Waals surface area contributed by atoms with Crippen LogP contribution in [0.1, 0.15) is 34.2 Å². The number of carbonyl (C=O) groups excluding carboxylic acids is 1. The van der Waals surface area contributed by atoms with E-state index in [2.05, 4.69) is 15.5 Å². The third-order valence-corrected chi connectivity index (χ3v) is 4.57. The molecule has 1 amide bonds. The molecular formula is C17H17FN4O2.